The van der Waals surface area contributed by atoms with Crippen molar-refractivity contribution in [2.45, 2.75) is 17.7 Å². The Morgan fingerprint density at radius 1 is 1.05 bits per heavy atom. The van der Waals surface area contributed by atoms with Gasteiger partial charge < -0.3 is 9.29 Å². The van der Waals surface area contributed by atoms with Gasteiger partial charge in [0.15, 0.2) is 4.90 Å². The molecule has 0 unspecified atom stereocenters. The normalized spacial score (nSPS) is 15.4. The van der Waals surface area contributed by atoms with Gasteiger partial charge in [0.2, 0.25) is 0 Å². The Balaban J connectivity index is 0.000000309. The van der Waals surface area contributed by atoms with Crippen molar-refractivity contribution in [3.63, 3.8) is 0 Å². The van der Waals surface area contributed by atoms with E-state index in [2.05, 4.69) is 36.4 Å². The molecule has 0 bridgehead atoms. The van der Waals surface area contributed by atoms with Crippen molar-refractivity contribution in [2.75, 3.05) is 24.9 Å². The second-order valence-corrected chi connectivity index (χ2v) is 8.77. The summed E-state index contributed by atoms with van der Waals surface area (Å²) in [5, 5.41) is 2.64. The van der Waals surface area contributed by atoms with E-state index in [-0.39, 0.29) is 0 Å². The van der Waals surface area contributed by atoms with Crippen LogP contribution >= 0.6 is 0 Å². The van der Waals surface area contributed by atoms with E-state index in [1.54, 1.807) is 12.0 Å². The van der Waals surface area contributed by atoms with E-state index in [0.717, 1.165) is 5.75 Å². The molecular formula is C16H20O4S2. The molecule has 0 N–H and O–H groups in total. The number of rotatable bonds is 2. The number of hydrogen-bond donors (Lipinski definition) is 0. The Hall–Kier alpha value is -1.24. The molecule has 0 aromatic heterocycles. The lowest BCUT2D eigenvalue weighted by atomic mass is 10.1. The zero-order valence-electron chi connectivity index (χ0n) is 12.7. The highest BCUT2D eigenvalue weighted by Crippen LogP contribution is 2.34. The van der Waals surface area contributed by atoms with Crippen molar-refractivity contribution >= 4 is 31.8 Å². The Bertz CT molecular complexity index is 727. The molecule has 0 amide bonds. The van der Waals surface area contributed by atoms with Gasteiger partial charge in [0.05, 0.1) is 17.2 Å². The van der Waals surface area contributed by atoms with Gasteiger partial charge in [-0.15, -0.1) is 0 Å². The molecule has 2 aromatic rings. The lowest BCUT2D eigenvalue weighted by Gasteiger charge is -2.08. The molecule has 0 aliphatic carbocycles. The van der Waals surface area contributed by atoms with Gasteiger partial charge >= 0.3 is 0 Å². The molecule has 1 saturated heterocycles. The number of ether oxygens (including phenoxy) is 1. The molecule has 0 spiro atoms. The fraction of sp³-hybridized carbons (Fsp3) is 0.375. The number of fused-ring (bicyclic) bond motifs is 1. The highest BCUT2D eigenvalue weighted by molar-refractivity contribution is 7.97. The van der Waals surface area contributed by atoms with Gasteiger partial charge in [0.25, 0.3) is 0 Å². The molecule has 0 saturated carbocycles. The minimum Gasteiger partial charge on any atom is -0.748 e. The van der Waals surface area contributed by atoms with Crippen molar-refractivity contribution in [1.82, 2.24) is 0 Å². The average molecular weight is 340 g/mol. The second-order valence-electron chi connectivity index (χ2n) is 5.12. The van der Waals surface area contributed by atoms with E-state index in [0.29, 0.717) is 17.2 Å². The molecular weight excluding hydrogens is 320 g/mol. The molecule has 0 atom stereocenters. The summed E-state index contributed by atoms with van der Waals surface area (Å²) in [7, 11) is -1.70. The average Bonchev–Trinajstić information content (AvgIpc) is 2.98. The van der Waals surface area contributed by atoms with E-state index in [1.807, 2.05) is 0 Å². The summed E-state index contributed by atoms with van der Waals surface area (Å²) in [6, 6.07) is 13.0. The summed E-state index contributed by atoms with van der Waals surface area (Å²) in [5.41, 5.74) is 0. The van der Waals surface area contributed by atoms with Crippen molar-refractivity contribution in [3.8, 4) is 5.75 Å². The number of hydrogen-bond acceptors (Lipinski definition) is 4. The standard InChI is InChI=1S/C15H17OS.CH4O3S/c1-16-14-8-9-15(17-10-4-5-11-17)13-7-3-2-6-12(13)14;1-5(2,3)4/h2-3,6-9H,4-5,10-11H2,1H3;1H3,(H,2,3,4)/q+1;/p-1. The summed E-state index contributed by atoms with van der Waals surface area (Å²) in [4.78, 5) is 1.54. The Morgan fingerprint density at radius 2 is 1.59 bits per heavy atom. The minimum absolute atomic E-state index is 0.469. The van der Waals surface area contributed by atoms with E-state index >= 15 is 0 Å². The molecule has 6 heteroatoms. The fourth-order valence-electron chi connectivity index (χ4n) is 2.55. The minimum atomic E-state index is -3.92. The van der Waals surface area contributed by atoms with E-state index in [9.17, 15) is 0 Å². The maximum Gasteiger partial charge on any atom is 0.162 e. The van der Waals surface area contributed by atoms with Crippen LogP contribution in [-0.2, 0) is 21.0 Å². The summed E-state index contributed by atoms with van der Waals surface area (Å²) in [5.74, 6) is 3.74. The van der Waals surface area contributed by atoms with Crippen molar-refractivity contribution in [2.24, 2.45) is 0 Å². The quantitative estimate of drug-likeness (QED) is 0.623. The topological polar surface area (TPSA) is 66.4 Å². The number of methoxy groups -OCH3 is 1. The first kappa shape index (κ1) is 17.1. The number of benzene rings is 2. The maximum absolute atomic E-state index is 9.08. The molecule has 1 aliphatic rings. The third kappa shape index (κ3) is 4.63. The van der Waals surface area contributed by atoms with Crippen LogP contribution in [0.3, 0.4) is 0 Å². The smallest absolute Gasteiger partial charge is 0.162 e. The van der Waals surface area contributed by atoms with Gasteiger partial charge in [-0.3, -0.25) is 0 Å². The predicted octanol–water partition coefficient (Wildman–Crippen LogP) is 2.78. The SMILES string of the molecule is COc1ccc([S+]2CCCC2)c2ccccc12.CS(=O)(=O)[O-]. The van der Waals surface area contributed by atoms with Crippen molar-refractivity contribution in [1.29, 1.82) is 0 Å². The van der Waals surface area contributed by atoms with Crippen LogP contribution in [-0.4, -0.2) is 37.8 Å². The molecule has 0 radical (unpaired) electrons. The van der Waals surface area contributed by atoms with Crippen LogP contribution in [0.1, 0.15) is 12.8 Å². The van der Waals surface area contributed by atoms with Crippen LogP contribution in [0, 0.1) is 0 Å². The van der Waals surface area contributed by atoms with Crippen LogP contribution in [0.15, 0.2) is 41.3 Å². The van der Waals surface area contributed by atoms with E-state index in [4.69, 9.17) is 17.7 Å². The van der Waals surface area contributed by atoms with Crippen LogP contribution in [0.2, 0.25) is 0 Å². The summed E-state index contributed by atoms with van der Waals surface area (Å²) >= 11 is 0. The molecule has 22 heavy (non-hydrogen) atoms. The maximum atomic E-state index is 9.08. The molecule has 1 heterocycles. The van der Waals surface area contributed by atoms with Crippen LogP contribution in [0.25, 0.3) is 10.8 Å². The first-order valence-corrected chi connectivity index (χ1v) is 10.4. The van der Waals surface area contributed by atoms with Gasteiger partial charge in [0.1, 0.15) is 17.3 Å². The first-order valence-electron chi connectivity index (χ1n) is 7.04. The van der Waals surface area contributed by atoms with Crippen LogP contribution in [0.4, 0.5) is 0 Å². The van der Waals surface area contributed by atoms with Gasteiger partial charge in [-0.05, 0) is 31.0 Å². The fourth-order valence-corrected chi connectivity index (χ4v) is 5.05. The van der Waals surface area contributed by atoms with Crippen LogP contribution < -0.4 is 4.74 Å². The predicted molar refractivity (Wildman–Crippen MR) is 90.7 cm³/mol. The van der Waals surface area contributed by atoms with E-state index in [1.165, 1.54) is 35.1 Å². The summed E-state index contributed by atoms with van der Waals surface area (Å²) in [6.45, 7) is 0. The lowest BCUT2D eigenvalue weighted by molar-refractivity contribution is 0.419. The first-order chi connectivity index (χ1) is 10.4. The highest BCUT2D eigenvalue weighted by Gasteiger charge is 2.28. The van der Waals surface area contributed by atoms with Crippen molar-refractivity contribution in [3.05, 3.63) is 36.4 Å². The summed E-state index contributed by atoms with van der Waals surface area (Å²) in [6.07, 6.45) is 3.39. The van der Waals surface area contributed by atoms with Gasteiger partial charge in [-0.25, -0.2) is 8.42 Å². The molecule has 1 fully saturated rings. The zero-order valence-corrected chi connectivity index (χ0v) is 14.4. The van der Waals surface area contributed by atoms with Gasteiger partial charge in [0, 0.05) is 27.9 Å². The van der Waals surface area contributed by atoms with Crippen LogP contribution in [0.5, 0.6) is 5.75 Å². The highest BCUT2D eigenvalue weighted by atomic mass is 32.2. The molecule has 4 nitrogen and oxygen atoms in total. The molecule has 1 aliphatic heterocycles. The van der Waals surface area contributed by atoms with Gasteiger partial charge in [-0.2, -0.15) is 0 Å². The second kappa shape index (κ2) is 7.35. The molecule has 3 rings (SSSR count). The Morgan fingerprint density at radius 3 is 2.14 bits per heavy atom. The van der Waals surface area contributed by atoms with Crippen molar-refractivity contribution < 1.29 is 17.7 Å². The van der Waals surface area contributed by atoms with E-state index < -0.39 is 10.1 Å². The van der Waals surface area contributed by atoms with Gasteiger partial charge in [-0.1, -0.05) is 18.2 Å². The zero-order chi connectivity index (χ0) is 16.2. The molecule has 2 aromatic carbocycles. The third-order valence-electron chi connectivity index (χ3n) is 3.41. The lowest BCUT2D eigenvalue weighted by Crippen LogP contribution is -2.04. The summed E-state index contributed by atoms with van der Waals surface area (Å²) < 4.78 is 32.7. The largest absolute Gasteiger partial charge is 0.748 e. The Kier molecular flexibility index (Phi) is 5.72. The third-order valence-corrected chi connectivity index (χ3v) is 5.95. The monoisotopic (exact) mass is 340 g/mol. The Labute approximate surface area is 134 Å². The molecule has 120 valence electrons.